The van der Waals surface area contributed by atoms with E-state index < -0.39 is 0 Å². The van der Waals surface area contributed by atoms with Crippen molar-refractivity contribution in [2.24, 2.45) is 0 Å². The first-order valence-electron chi connectivity index (χ1n) is 5.01. The summed E-state index contributed by atoms with van der Waals surface area (Å²) in [5.74, 6) is 0. The van der Waals surface area contributed by atoms with Gasteiger partial charge in [0.2, 0.25) is 0 Å². The molecule has 0 aromatic heterocycles. The second kappa shape index (κ2) is 3.51. The summed E-state index contributed by atoms with van der Waals surface area (Å²) in [6.45, 7) is 0.0526. The topological polar surface area (TPSA) is 19.9 Å². The van der Waals surface area contributed by atoms with Crippen LogP contribution in [0.2, 0.25) is 0 Å². The molecule has 0 saturated heterocycles. The fourth-order valence-electron chi connectivity index (χ4n) is 2.36. The maximum Gasteiger partial charge on any atom is 0.0918 e. The second-order valence-corrected chi connectivity index (χ2v) is 4.00. The van der Waals surface area contributed by atoms with Crippen LogP contribution in [0.1, 0.15) is 31.2 Å². The number of hydrogen-bond donors (Lipinski definition) is 0. The minimum atomic E-state index is -0.0265. The fraction of sp³-hybridized carbons (Fsp3) is 0.500. The van der Waals surface area contributed by atoms with Crippen molar-refractivity contribution in [3.63, 3.8) is 0 Å². The van der Waals surface area contributed by atoms with E-state index in [4.69, 9.17) is 0 Å². The van der Waals surface area contributed by atoms with E-state index in [1.807, 2.05) is 18.2 Å². The van der Waals surface area contributed by atoms with E-state index in [2.05, 4.69) is 12.1 Å². The van der Waals surface area contributed by atoms with Gasteiger partial charge in [0.1, 0.15) is 0 Å². The van der Waals surface area contributed by atoms with E-state index in [-0.39, 0.29) is 12.0 Å². The molecule has 1 radical (unpaired) electrons. The van der Waals surface area contributed by atoms with Gasteiger partial charge in [-0.2, -0.15) is 0 Å². The van der Waals surface area contributed by atoms with Gasteiger partial charge in [0, 0.05) is 5.41 Å². The van der Waals surface area contributed by atoms with Crippen LogP contribution < -0.4 is 0 Å². The molecule has 1 aromatic carbocycles. The summed E-state index contributed by atoms with van der Waals surface area (Å²) in [6, 6.07) is 10.3. The lowest BCUT2D eigenvalue weighted by Crippen LogP contribution is -2.25. The number of benzene rings is 1. The zero-order valence-electron chi connectivity index (χ0n) is 7.83. The summed E-state index contributed by atoms with van der Waals surface area (Å²) < 4.78 is 0. The van der Waals surface area contributed by atoms with Gasteiger partial charge >= 0.3 is 0 Å². The average Bonchev–Trinajstić information content (AvgIpc) is 2.69. The summed E-state index contributed by atoms with van der Waals surface area (Å²) >= 11 is 0. The van der Waals surface area contributed by atoms with Crippen LogP contribution in [0.5, 0.6) is 0 Å². The molecule has 0 unspecified atom stereocenters. The normalized spacial score (nSPS) is 20.4. The highest BCUT2D eigenvalue weighted by atomic mass is 16.3. The summed E-state index contributed by atoms with van der Waals surface area (Å²) in [5, 5.41) is 11.3. The van der Waals surface area contributed by atoms with Crippen LogP contribution in [0, 0.1) is 0 Å². The number of rotatable bonds is 2. The van der Waals surface area contributed by atoms with Crippen molar-refractivity contribution in [2.45, 2.75) is 31.1 Å². The summed E-state index contributed by atoms with van der Waals surface area (Å²) in [5.41, 5.74) is 1.23. The molecule has 1 heteroatoms. The minimum absolute atomic E-state index is 0.0265. The van der Waals surface area contributed by atoms with Crippen LogP contribution in [-0.2, 0) is 10.5 Å². The average molecular weight is 175 g/mol. The lowest BCUT2D eigenvalue weighted by molar-refractivity contribution is 0.121. The molecule has 69 valence electrons. The van der Waals surface area contributed by atoms with Crippen LogP contribution in [-0.4, -0.2) is 6.61 Å². The highest BCUT2D eigenvalue weighted by Gasteiger charge is 2.35. The van der Waals surface area contributed by atoms with Gasteiger partial charge < -0.3 is 0 Å². The maximum absolute atomic E-state index is 11.3. The Balaban J connectivity index is 2.31. The van der Waals surface area contributed by atoms with Crippen molar-refractivity contribution in [3.05, 3.63) is 35.9 Å². The molecule has 2 rings (SSSR count). The first-order valence-corrected chi connectivity index (χ1v) is 5.01. The largest absolute Gasteiger partial charge is 0.236 e. The number of hydrogen-bond acceptors (Lipinski definition) is 0. The Kier molecular flexibility index (Phi) is 2.36. The predicted octanol–water partition coefficient (Wildman–Crippen LogP) is 2.93. The lowest BCUT2D eigenvalue weighted by Gasteiger charge is -2.25. The van der Waals surface area contributed by atoms with Gasteiger partial charge in [-0.3, -0.25) is 0 Å². The Hall–Kier alpha value is -0.820. The molecule has 13 heavy (non-hydrogen) atoms. The first-order chi connectivity index (χ1) is 6.37. The molecule has 1 aliphatic rings. The van der Waals surface area contributed by atoms with Crippen molar-refractivity contribution < 1.29 is 5.11 Å². The van der Waals surface area contributed by atoms with Gasteiger partial charge in [-0.05, 0) is 18.4 Å². The Morgan fingerprint density at radius 2 is 1.69 bits per heavy atom. The zero-order valence-corrected chi connectivity index (χ0v) is 7.83. The van der Waals surface area contributed by atoms with Crippen LogP contribution >= 0.6 is 0 Å². The molecule has 0 atom stereocenters. The van der Waals surface area contributed by atoms with Crippen LogP contribution in [0.25, 0.3) is 0 Å². The third-order valence-corrected chi connectivity index (χ3v) is 3.22. The summed E-state index contributed by atoms with van der Waals surface area (Å²) in [7, 11) is 0. The quantitative estimate of drug-likeness (QED) is 0.658. The van der Waals surface area contributed by atoms with E-state index >= 15 is 0 Å². The summed E-state index contributed by atoms with van der Waals surface area (Å²) in [6.07, 6.45) is 4.61. The molecule has 1 saturated carbocycles. The molecule has 0 amide bonds. The van der Waals surface area contributed by atoms with Crippen LogP contribution in [0.3, 0.4) is 0 Å². The van der Waals surface area contributed by atoms with E-state index in [1.54, 1.807) is 0 Å². The fourth-order valence-corrected chi connectivity index (χ4v) is 2.36. The van der Waals surface area contributed by atoms with Crippen molar-refractivity contribution in [1.82, 2.24) is 0 Å². The van der Waals surface area contributed by atoms with Gasteiger partial charge in [-0.15, -0.1) is 0 Å². The molecule has 0 N–H and O–H groups in total. The smallest absolute Gasteiger partial charge is 0.0918 e. The molecule has 0 aliphatic heterocycles. The van der Waals surface area contributed by atoms with E-state index in [0.717, 1.165) is 12.8 Å². The van der Waals surface area contributed by atoms with Crippen molar-refractivity contribution >= 4 is 0 Å². The van der Waals surface area contributed by atoms with Gasteiger partial charge in [0.15, 0.2) is 0 Å². The monoisotopic (exact) mass is 175 g/mol. The van der Waals surface area contributed by atoms with E-state index in [9.17, 15) is 5.11 Å². The van der Waals surface area contributed by atoms with Crippen molar-refractivity contribution in [1.29, 1.82) is 0 Å². The molecule has 0 spiro atoms. The Morgan fingerprint density at radius 3 is 2.23 bits per heavy atom. The first kappa shape index (κ1) is 8.76. The van der Waals surface area contributed by atoms with Gasteiger partial charge in [-0.25, -0.2) is 5.11 Å². The van der Waals surface area contributed by atoms with Gasteiger partial charge in [0.25, 0.3) is 0 Å². The highest BCUT2D eigenvalue weighted by molar-refractivity contribution is 5.26. The Bertz CT molecular complexity index is 260. The Labute approximate surface area is 79.4 Å². The molecular weight excluding hydrogens is 160 g/mol. The minimum Gasteiger partial charge on any atom is -0.236 e. The van der Waals surface area contributed by atoms with E-state index in [0.29, 0.717) is 0 Å². The van der Waals surface area contributed by atoms with Crippen molar-refractivity contribution in [3.8, 4) is 0 Å². The maximum atomic E-state index is 11.3. The molecule has 0 bridgehead atoms. The molecule has 1 aliphatic carbocycles. The third kappa shape index (κ3) is 1.49. The molecule has 1 nitrogen and oxygen atoms in total. The highest BCUT2D eigenvalue weighted by Crippen LogP contribution is 2.40. The van der Waals surface area contributed by atoms with Crippen molar-refractivity contribution in [2.75, 3.05) is 6.61 Å². The SMILES string of the molecule is [O]CC1(c2ccccc2)CCCC1. The standard InChI is InChI=1S/C12H15O/c13-10-12(8-4-5-9-12)11-6-2-1-3-7-11/h1-3,6-7H,4-5,8-10H2. The molecular formula is C12H15O. The van der Waals surface area contributed by atoms with Crippen LogP contribution in [0.4, 0.5) is 0 Å². The molecule has 1 aromatic rings. The Morgan fingerprint density at radius 1 is 1.08 bits per heavy atom. The second-order valence-electron chi connectivity index (χ2n) is 4.00. The van der Waals surface area contributed by atoms with E-state index in [1.165, 1.54) is 18.4 Å². The zero-order chi connectivity index (χ0) is 9.15. The predicted molar refractivity (Wildman–Crippen MR) is 52.1 cm³/mol. The summed E-state index contributed by atoms with van der Waals surface area (Å²) in [4.78, 5) is 0. The third-order valence-electron chi connectivity index (χ3n) is 3.22. The lowest BCUT2D eigenvalue weighted by atomic mass is 9.80. The van der Waals surface area contributed by atoms with Crippen LogP contribution in [0.15, 0.2) is 30.3 Å². The molecule has 1 fully saturated rings. The van der Waals surface area contributed by atoms with Gasteiger partial charge in [-0.1, -0.05) is 43.2 Å². The van der Waals surface area contributed by atoms with Gasteiger partial charge in [0.05, 0.1) is 6.61 Å². The molecule has 0 heterocycles.